The van der Waals surface area contributed by atoms with Gasteiger partial charge in [-0.15, -0.1) is 0 Å². The van der Waals surface area contributed by atoms with Gasteiger partial charge in [0.25, 0.3) is 5.91 Å². The van der Waals surface area contributed by atoms with Gasteiger partial charge >= 0.3 is 0 Å². The lowest BCUT2D eigenvalue weighted by atomic mass is 10.2. The van der Waals surface area contributed by atoms with Crippen molar-refractivity contribution in [2.24, 2.45) is 7.05 Å². The summed E-state index contributed by atoms with van der Waals surface area (Å²) >= 11 is 16.7. The van der Waals surface area contributed by atoms with Crippen molar-refractivity contribution >= 4 is 41.3 Å². The predicted molar refractivity (Wildman–Crippen MR) is 80.7 cm³/mol. The SMILES string of the molecule is C[C@@H](NC(=O)c1ccc(Cl)c(Cl)c1)c1n[nH]c(=S)n1C. The summed E-state index contributed by atoms with van der Waals surface area (Å²) in [6.45, 7) is 1.82. The van der Waals surface area contributed by atoms with E-state index in [1.165, 1.54) is 6.07 Å². The third kappa shape index (κ3) is 3.03. The van der Waals surface area contributed by atoms with Crippen LogP contribution in [0.1, 0.15) is 29.1 Å². The number of rotatable bonds is 3. The molecule has 20 heavy (non-hydrogen) atoms. The van der Waals surface area contributed by atoms with Crippen LogP contribution in [0.25, 0.3) is 0 Å². The predicted octanol–water partition coefficient (Wildman–Crippen LogP) is 3.28. The highest BCUT2D eigenvalue weighted by Crippen LogP contribution is 2.22. The molecule has 0 bridgehead atoms. The molecule has 0 saturated carbocycles. The first-order valence-electron chi connectivity index (χ1n) is 5.77. The number of H-pyrrole nitrogens is 1. The standard InChI is InChI=1S/C12H12Cl2N4OS/c1-6(10-16-17-12(20)18(10)2)15-11(19)7-3-4-8(13)9(14)5-7/h3-6H,1-2H3,(H,15,19)(H,17,20)/t6-/m1/s1. The van der Waals surface area contributed by atoms with Gasteiger partial charge in [-0.3, -0.25) is 9.89 Å². The molecule has 0 radical (unpaired) electrons. The van der Waals surface area contributed by atoms with Crippen LogP contribution in [0.15, 0.2) is 18.2 Å². The van der Waals surface area contributed by atoms with Crippen molar-refractivity contribution < 1.29 is 4.79 Å². The highest BCUT2D eigenvalue weighted by Gasteiger charge is 2.16. The van der Waals surface area contributed by atoms with E-state index in [9.17, 15) is 4.79 Å². The minimum absolute atomic E-state index is 0.259. The lowest BCUT2D eigenvalue weighted by molar-refractivity contribution is 0.0938. The number of hydrogen-bond acceptors (Lipinski definition) is 3. The molecule has 1 aromatic heterocycles. The molecule has 1 heterocycles. The van der Waals surface area contributed by atoms with Gasteiger partial charge in [0.2, 0.25) is 0 Å². The minimum atomic E-state index is -0.296. The highest BCUT2D eigenvalue weighted by molar-refractivity contribution is 7.71. The molecule has 8 heteroatoms. The zero-order valence-electron chi connectivity index (χ0n) is 10.8. The van der Waals surface area contributed by atoms with Gasteiger partial charge in [0.05, 0.1) is 16.1 Å². The van der Waals surface area contributed by atoms with Gasteiger partial charge in [-0.1, -0.05) is 23.2 Å². The van der Waals surface area contributed by atoms with Crippen molar-refractivity contribution in [1.82, 2.24) is 20.1 Å². The Morgan fingerprint density at radius 1 is 1.45 bits per heavy atom. The molecule has 0 fully saturated rings. The second-order valence-electron chi connectivity index (χ2n) is 4.27. The van der Waals surface area contributed by atoms with E-state index in [4.69, 9.17) is 35.4 Å². The fourth-order valence-corrected chi connectivity index (χ4v) is 2.17. The topological polar surface area (TPSA) is 62.7 Å². The molecular weight excluding hydrogens is 319 g/mol. The molecule has 0 aliphatic carbocycles. The van der Waals surface area contributed by atoms with E-state index in [1.54, 1.807) is 23.7 Å². The van der Waals surface area contributed by atoms with Crippen molar-refractivity contribution in [3.05, 3.63) is 44.4 Å². The molecule has 106 valence electrons. The van der Waals surface area contributed by atoms with E-state index in [-0.39, 0.29) is 11.9 Å². The van der Waals surface area contributed by atoms with Gasteiger partial charge in [-0.05, 0) is 37.3 Å². The molecule has 1 atom stereocenters. The molecule has 1 aromatic carbocycles. The summed E-state index contributed by atoms with van der Waals surface area (Å²) in [6, 6.07) is 4.42. The molecule has 2 rings (SSSR count). The van der Waals surface area contributed by atoms with Gasteiger partial charge in [-0.2, -0.15) is 5.10 Å². The number of hydrogen-bond donors (Lipinski definition) is 2. The second-order valence-corrected chi connectivity index (χ2v) is 5.47. The molecule has 2 aromatic rings. The Balaban J connectivity index is 2.17. The number of aromatic nitrogens is 3. The monoisotopic (exact) mass is 330 g/mol. The molecule has 0 spiro atoms. The van der Waals surface area contributed by atoms with Crippen molar-refractivity contribution in [2.45, 2.75) is 13.0 Å². The lowest BCUT2D eigenvalue weighted by Crippen LogP contribution is -2.28. The van der Waals surface area contributed by atoms with E-state index in [0.717, 1.165) is 0 Å². The number of benzene rings is 1. The Labute approximate surface area is 130 Å². The average Bonchev–Trinajstić information content (AvgIpc) is 2.73. The maximum atomic E-state index is 12.1. The molecule has 0 saturated heterocycles. The number of nitrogens with one attached hydrogen (secondary N) is 2. The van der Waals surface area contributed by atoms with E-state index in [2.05, 4.69) is 15.5 Å². The van der Waals surface area contributed by atoms with Crippen LogP contribution < -0.4 is 5.32 Å². The van der Waals surface area contributed by atoms with Crippen LogP contribution in [0.3, 0.4) is 0 Å². The minimum Gasteiger partial charge on any atom is -0.342 e. The number of amides is 1. The Bertz CT molecular complexity index is 710. The fraction of sp³-hybridized carbons (Fsp3) is 0.250. The Hall–Kier alpha value is -1.37. The summed E-state index contributed by atoms with van der Waals surface area (Å²) in [5, 5.41) is 10.3. The summed E-state index contributed by atoms with van der Waals surface area (Å²) in [4.78, 5) is 12.1. The van der Waals surface area contributed by atoms with Crippen LogP contribution in [-0.4, -0.2) is 20.7 Å². The van der Waals surface area contributed by atoms with Crippen LogP contribution >= 0.6 is 35.4 Å². The third-order valence-electron chi connectivity index (χ3n) is 2.83. The number of carbonyl (C=O) groups excluding carboxylic acids is 1. The fourth-order valence-electron chi connectivity index (χ4n) is 1.73. The van der Waals surface area contributed by atoms with Gasteiger partial charge in [0.1, 0.15) is 0 Å². The summed E-state index contributed by atoms with van der Waals surface area (Å²) in [7, 11) is 1.78. The summed E-state index contributed by atoms with van der Waals surface area (Å²) < 4.78 is 2.20. The third-order valence-corrected chi connectivity index (χ3v) is 3.94. The van der Waals surface area contributed by atoms with E-state index < -0.39 is 0 Å². The molecular formula is C12H12Cl2N4OS. The molecule has 0 aliphatic rings. The summed E-state index contributed by atoms with van der Waals surface area (Å²) in [6.07, 6.45) is 0. The van der Waals surface area contributed by atoms with Gasteiger partial charge < -0.3 is 9.88 Å². The van der Waals surface area contributed by atoms with Crippen LogP contribution in [0.5, 0.6) is 0 Å². The quantitative estimate of drug-likeness (QED) is 0.849. The van der Waals surface area contributed by atoms with Gasteiger partial charge in [0.15, 0.2) is 10.6 Å². The van der Waals surface area contributed by atoms with Gasteiger partial charge in [-0.25, -0.2) is 0 Å². The number of aromatic amines is 1. The van der Waals surface area contributed by atoms with E-state index in [1.807, 2.05) is 6.92 Å². The van der Waals surface area contributed by atoms with E-state index >= 15 is 0 Å². The maximum Gasteiger partial charge on any atom is 0.251 e. The van der Waals surface area contributed by atoms with E-state index in [0.29, 0.717) is 26.2 Å². The van der Waals surface area contributed by atoms with Crippen molar-refractivity contribution in [2.75, 3.05) is 0 Å². The zero-order chi connectivity index (χ0) is 14.9. The van der Waals surface area contributed by atoms with Gasteiger partial charge in [0, 0.05) is 12.6 Å². The molecule has 5 nitrogen and oxygen atoms in total. The van der Waals surface area contributed by atoms with Crippen molar-refractivity contribution in [3.63, 3.8) is 0 Å². The first-order valence-corrected chi connectivity index (χ1v) is 6.93. The summed E-state index contributed by atoms with van der Waals surface area (Å²) in [5.41, 5.74) is 0.433. The van der Waals surface area contributed by atoms with Crippen LogP contribution in [-0.2, 0) is 7.05 Å². The highest BCUT2D eigenvalue weighted by atomic mass is 35.5. The first-order chi connectivity index (χ1) is 9.40. The largest absolute Gasteiger partial charge is 0.342 e. The summed E-state index contributed by atoms with van der Waals surface area (Å²) in [5.74, 6) is 0.383. The normalized spacial score (nSPS) is 12.2. The van der Waals surface area contributed by atoms with Crippen LogP contribution in [0.4, 0.5) is 0 Å². The average molecular weight is 331 g/mol. The molecule has 0 unspecified atom stereocenters. The first kappa shape index (κ1) is 15.0. The molecule has 1 amide bonds. The Kier molecular flexibility index (Phi) is 4.47. The van der Waals surface area contributed by atoms with Crippen molar-refractivity contribution in [3.8, 4) is 0 Å². The molecule has 2 N–H and O–H groups in total. The molecule has 0 aliphatic heterocycles. The Morgan fingerprint density at radius 3 is 2.70 bits per heavy atom. The zero-order valence-corrected chi connectivity index (χ0v) is 13.1. The Morgan fingerprint density at radius 2 is 2.15 bits per heavy atom. The second kappa shape index (κ2) is 5.95. The number of nitrogens with zero attached hydrogens (tertiary/aromatic N) is 2. The number of carbonyl (C=O) groups is 1. The lowest BCUT2D eigenvalue weighted by Gasteiger charge is -2.13. The van der Waals surface area contributed by atoms with Crippen LogP contribution in [0, 0.1) is 4.77 Å². The van der Waals surface area contributed by atoms with Crippen LogP contribution in [0.2, 0.25) is 10.0 Å². The number of halogens is 2. The maximum absolute atomic E-state index is 12.1. The van der Waals surface area contributed by atoms with Crippen molar-refractivity contribution in [1.29, 1.82) is 0 Å². The smallest absolute Gasteiger partial charge is 0.251 e.